The lowest BCUT2D eigenvalue weighted by atomic mass is 10.1. The standard InChI is InChI=1S/C26H34N4O4S/c1-3-29(4-2)35(33,34)22-14-15-24(28-16-6-5-7-17-28)23(19-22)27-26(32)20-10-12-21(13-11-20)30-18-8-9-25(30)31/h10-15,19H,3-9,16-18H2,1-2H3,(H,27,32). The molecule has 0 bridgehead atoms. The van der Waals surface area contributed by atoms with Crippen molar-refractivity contribution in [2.45, 2.75) is 50.8 Å². The van der Waals surface area contributed by atoms with Crippen LogP contribution in [0.5, 0.6) is 0 Å². The fraction of sp³-hybridized carbons (Fsp3) is 0.462. The molecule has 0 unspecified atom stereocenters. The first-order valence-electron chi connectivity index (χ1n) is 12.5. The smallest absolute Gasteiger partial charge is 0.255 e. The molecule has 35 heavy (non-hydrogen) atoms. The molecule has 0 spiro atoms. The Labute approximate surface area is 207 Å². The zero-order chi connectivity index (χ0) is 25.0. The molecule has 2 amide bonds. The summed E-state index contributed by atoms with van der Waals surface area (Å²) in [4.78, 5) is 29.3. The third-order valence-corrected chi connectivity index (χ3v) is 8.82. The number of carbonyl (C=O) groups is 2. The number of sulfonamides is 1. The van der Waals surface area contributed by atoms with Crippen LogP contribution in [-0.4, -0.2) is 57.3 Å². The molecule has 2 heterocycles. The normalized spacial score (nSPS) is 16.7. The van der Waals surface area contributed by atoms with Crippen LogP contribution in [0.2, 0.25) is 0 Å². The van der Waals surface area contributed by atoms with Crippen molar-refractivity contribution in [3.63, 3.8) is 0 Å². The zero-order valence-electron chi connectivity index (χ0n) is 20.5. The second-order valence-corrected chi connectivity index (χ2v) is 10.9. The average molecular weight is 499 g/mol. The highest BCUT2D eigenvalue weighted by Gasteiger charge is 2.25. The van der Waals surface area contributed by atoms with E-state index in [0.29, 0.717) is 37.3 Å². The second-order valence-electron chi connectivity index (χ2n) is 8.97. The van der Waals surface area contributed by atoms with E-state index in [0.717, 1.165) is 43.7 Å². The predicted molar refractivity (Wildman–Crippen MR) is 139 cm³/mol. The van der Waals surface area contributed by atoms with Crippen molar-refractivity contribution in [3.05, 3.63) is 48.0 Å². The predicted octanol–water partition coefficient (Wildman–Crippen LogP) is 4.09. The molecule has 4 rings (SSSR count). The van der Waals surface area contributed by atoms with E-state index in [2.05, 4.69) is 10.2 Å². The first-order valence-corrected chi connectivity index (χ1v) is 13.9. The molecule has 1 N–H and O–H groups in total. The van der Waals surface area contributed by atoms with Gasteiger partial charge in [0.25, 0.3) is 5.91 Å². The number of nitrogens with one attached hydrogen (secondary N) is 1. The van der Waals surface area contributed by atoms with Crippen LogP contribution < -0.4 is 15.1 Å². The molecule has 8 nitrogen and oxygen atoms in total. The van der Waals surface area contributed by atoms with Gasteiger partial charge in [-0.25, -0.2) is 8.42 Å². The van der Waals surface area contributed by atoms with Crippen LogP contribution in [-0.2, 0) is 14.8 Å². The molecule has 0 aliphatic carbocycles. The van der Waals surface area contributed by atoms with E-state index >= 15 is 0 Å². The molecular formula is C26H34N4O4S. The second kappa shape index (κ2) is 10.8. The van der Waals surface area contributed by atoms with Crippen LogP contribution in [0.3, 0.4) is 0 Å². The first-order chi connectivity index (χ1) is 16.8. The number of rotatable bonds is 8. The van der Waals surface area contributed by atoms with Gasteiger partial charge in [0.05, 0.1) is 16.3 Å². The summed E-state index contributed by atoms with van der Waals surface area (Å²) in [6, 6.07) is 12.0. The van der Waals surface area contributed by atoms with Gasteiger partial charge in [-0.2, -0.15) is 4.31 Å². The fourth-order valence-corrected chi connectivity index (χ4v) is 6.29. The van der Waals surface area contributed by atoms with Gasteiger partial charge in [0.15, 0.2) is 0 Å². The number of piperidine rings is 1. The summed E-state index contributed by atoms with van der Waals surface area (Å²) in [7, 11) is -3.67. The molecule has 2 aliphatic heterocycles. The van der Waals surface area contributed by atoms with Crippen molar-refractivity contribution >= 4 is 38.9 Å². The van der Waals surface area contributed by atoms with E-state index in [4.69, 9.17) is 0 Å². The third-order valence-electron chi connectivity index (χ3n) is 6.77. The van der Waals surface area contributed by atoms with Crippen molar-refractivity contribution in [1.82, 2.24) is 4.31 Å². The van der Waals surface area contributed by atoms with Crippen LogP contribution in [0.1, 0.15) is 56.3 Å². The summed E-state index contributed by atoms with van der Waals surface area (Å²) >= 11 is 0. The van der Waals surface area contributed by atoms with Crippen molar-refractivity contribution in [1.29, 1.82) is 0 Å². The maximum atomic E-state index is 13.2. The molecule has 188 valence electrons. The Bertz CT molecular complexity index is 1170. The number of amides is 2. The summed E-state index contributed by atoms with van der Waals surface area (Å²) in [5.74, 6) is -0.223. The molecule has 0 radical (unpaired) electrons. The van der Waals surface area contributed by atoms with Gasteiger partial charge in [-0.15, -0.1) is 0 Å². The number of anilines is 3. The number of carbonyl (C=O) groups excluding carboxylic acids is 2. The average Bonchev–Trinajstić information content (AvgIpc) is 3.31. The molecule has 2 aromatic rings. The van der Waals surface area contributed by atoms with Gasteiger partial charge in [-0.1, -0.05) is 13.8 Å². The van der Waals surface area contributed by atoms with E-state index in [9.17, 15) is 18.0 Å². The quantitative estimate of drug-likeness (QED) is 0.592. The van der Waals surface area contributed by atoms with E-state index < -0.39 is 10.0 Å². The van der Waals surface area contributed by atoms with Crippen molar-refractivity contribution < 1.29 is 18.0 Å². The maximum absolute atomic E-state index is 13.2. The van der Waals surface area contributed by atoms with Gasteiger partial charge in [-0.05, 0) is 68.1 Å². The van der Waals surface area contributed by atoms with Crippen molar-refractivity contribution in [3.8, 4) is 0 Å². The first kappa shape index (κ1) is 25.2. The van der Waals surface area contributed by atoms with Crippen molar-refractivity contribution in [2.75, 3.05) is 47.8 Å². The maximum Gasteiger partial charge on any atom is 0.255 e. The number of hydrogen-bond acceptors (Lipinski definition) is 5. The Morgan fingerprint density at radius 2 is 1.63 bits per heavy atom. The van der Waals surface area contributed by atoms with Gasteiger partial charge < -0.3 is 15.1 Å². The molecule has 2 aliphatic rings. The topological polar surface area (TPSA) is 90.0 Å². The van der Waals surface area contributed by atoms with E-state index in [1.54, 1.807) is 47.4 Å². The van der Waals surface area contributed by atoms with Crippen LogP contribution in [0, 0.1) is 0 Å². The summed E-state index contributed by atoms with van der Waals surface area (Å²) in [5.41, 5.74) is 2.55. The molecule has 2 fully saturated rings. The Morgan fingerprint density at radius 1 is 0.943 bits per heavy atom. The molecule has 0 aromatic heterocycles. The molecule has 2 saturated heterocycles. The SMILES string of the molecule is CCN(CC)S(=O)(=O)c1ccc(N2CCCCC2)c(NC(=O)c2ccc(N3CCCC3=O)cc2)c1. The molecule has 0 atom stereocenters. The van der Waals surface area contributed by atoms with Gasteiger partial charge in [0.1, 0.15) is 0 Å². The van der Waals surface area contributed by atoms with Crippen molar-refractivity contribution in [2.24, 2.45) is 0 Å². The van der Waals surface area contributed by atoms with E-state index in [1.165, 1.54) is 10.7 Å². The summed E-state index contributed by atoms with van der Waals surface area (Å²) in [5, 5.41) is 2.97. The van der Waals surface area contributed by atoms with Crippen LogP contribution in [0.15, 0.2) is 47.4 Å². The largest absolute Gasteiger partial charge is 0.370 e. The minimum atomic E-state index is -3.67. The third kappa shape index (κ3) is 5.36. The Kier molecular flexibility index (Phi) is 7.76. The van der Waals surface area contributed by atoms with Gasteiger partial charge in [-0.3, -0.25) is 9.59 Å². The highest BCUT2D eigenvalue weighted by Crippen LogP contribution is 2.32. The number of hydrogen-bond donors (Lipinski definition) is 1. The van der Waals surface area contributed by atoms with Gasteiger partial charge >= 0.3 is 0 Å². The Hall–Kier alpha value is -2.91. The number of nitrogens with zero attached hydrogens (tertiary/aromatic N) is 3. The van der Waals surface area contributed by atoms with Crippen LogP contribution in [0.4, 0.5) is 17.1 Å². The lowest BCUT2D eigenvalue weighted by molar-refractivity contribution is -0.117. The monoisotopic (exact) mass is 498 g/mol. The molecule has 0 saturated carbocycles. The lowest BCUT2D eigenvalue weighted by Crippen LogP contribution is -2.32. The van der Waals surface area contributed by atoms with Crippen LogP contribution in [0.25, 0.3) is 0 Å². The molecular weight excluding hydrogens is 464 g/mol. The Balaban J connectivity index is 1.63. The Morgan fingerprint density at radius 3 is 2.23 bits per heavy atom. The lowest BCUT2D eigenvalue weighted by Gasteiger charge is -2.31. The van der Waals surface area contributed by atoms with E-state index in [-0.39, 0.29) is 16.7 Å². The highest BCUT2D eigenvalue weighted by atomic mass is 32.2. The van der Waals surface area contributed by atoms with Crippen LogP contribution >= 0.6 is 0 Å². The zero-order valence-corrected chi connectivity index (χ0v) is 21.3. The van der Waals surface area contributed by atoms with E-state index in [1.807, 2.05) is 13.8 Å². The molecule has 9 heteroatoms. The number of benzene rings is 2. The van der Waals surface area contributed by atoms with Gasteiger partial charge in [0.2, 0.25) is 15.9 Å². The fourth-order valence-electron chi connectivity index (χ4n) is 4.81. The highest BCUT2D eigenvalue weighted by molar-refractivity contribution is 7.89. The van der Waals surface area contributed by atoms with Gasteiger partial charge in [0, 0.05) is 50.4 Å². The summed E-state index contributed by atoms with van der Waals surface area (Å²) < 4.78 is 27.7. The summed E-state index contributed by atoms with van der Waals surface area (Å²) in [6.45, 7) is 6.79. The minimum Gasteiger partial charge on any atom is -0.370 e. The minimum absolute atomic E-state index is 0.0969. The summed E-state index contributed by atoms with van der Waals surface area (Å²) in [6.07, 6.45) is 4.67. The molecule has 2 aromatic carbocycles.